The van der Waals surface area contributed by atoms with E-state index in [0.717, 1.165) is 49.4 Å². The highest BCUT2D eigenvalue weighted by molar-refractivity contribution is 5.22. The van der Waals surface area contributed by atoms with Gasteiger partial charge in [0.15, 0.2) is 0 Å². The van der Waals surface area contributed by atoms with Crippen LogP contribution in [0, 0.1) is 0 Å². The molecule has 2 heterocycles. The number of hydrogen-bond donors (Lipinski definition) is 1. The predicted molar refractivity (Wildman–Crippen MR) is 117 cm³/mol. The van der Waals surface area contributed by atoms with E-state index in [-0.39, 0.29) is 11.7 Å². The third-order valence-electron chi connectivity index (χ3n) is 5.69. The second-order valence-electron chi connectivity index (χ2n) is 7.74. The van der Waals surface area contributed by atoms with Gasteiger partial charge in [-0.1, -0.05) is 42.5 Å². The Balaban J connectivity index is 1.28. The highest BCUT2D eigenvalue weighted by Gasteiger charge is 2.23. The Morgan fingerprint density at radius 1 is 1.00 bits per heavy atom. The van der Waals surface area contributed by atoms with E-state index >= 15 is 0 Å². The second kappa shape index (κ2) is 9.73. The molecule has 2 aromatic carbocycles. The Kier molecular flexibility index (Phi) is 6.61. The van der Waals surface area contributed by atoms with Crippen LogP contribution in [0.3, 0.4) is 0 Å². The summed E-state index contributed by atoms with van der Waals surface area (Å²) in [6.45, 7) is 4.51. The number of ether oxygens (including phenoxy) is 1. The minimum Gasteiger partial charge on any atom is -0.492 e. The maximum atomic E-state index is 12.8. The van der Waals surface area contributed by atoms with E-state index in [9.17, 15) is 4.79 Å². The van der Waals surface area contributed by atoms with Crippen LogP contribution in [0.15, 0.2) is 65.7 Å². The fraction of sp³-hybridized carbons (Fsp3) is 0.391. The van der Waals surface area contributed by atoms with Crippen LogP contribution in [0.5, 0.6) is 5.75 Å². The zero-order valence-corrected chi connectivity index (χ0v) is 17.2. The number of nitrogens with zero attached hydrogens (tertiary/aromatic N) is 4. The SMILES string of the molecule is NCc1ccc(Cn2cnn(C3CCN(CCOc4ccccc4)CC3)c2=O)cc1. The van der Waals surface area contributed by atoms with E-state index in [0.29, 0.717) is 19.7 Å². The minimum atomic E-state index is -0.0382. The Bertz CT molecular complexity index is 973. The smallest absolute Gasteiger partial charge is 0.346 e. The van der Waals surface area contributed by atoms with Crippen molar-refractivity contribution >= 4 is 0 Å². The van der Waals surface area contributed by atoms with Crippen LogP contribution in [0.2, 0.25) is 0 Å². The first-order valence-electron chi connectivity index (χ1n) is 10.5. The first-order valence-corrected chi connectivity index (χ1v) is 10.5. The van der Waals surface area contributed by atoms with Crippen LogP contribution in [0.1, 0.15) is 30.0 Å². The number of para-hydroxylation sites is 1. The molecule has 1 fully saturated rings. The molecule has 0 unspecified atom stereocenters. The van der Waals surface area contributed by atoms with Crippen molar-refractivity contribution in [3.05, 3.63) is 82.5 Å². The molecular formula is C23H29N5O2. The highest BCUT2D eigenvalue weighted by atomic mass is 16.5. The van der Waals surface area contributed by atoms with Gasteiger partial charge in [-0.25, -0.2) is 9.48 Å². The zero-order valence-electron chi connectivity index (χ0n) is 17.2. The molecule has 0 spiro atoms. The van der Waals surface area contributed by atoms with Gasteiger partial charge in [0, 0.05) is 26.2 Å². The molecule has 1 aromatic heterocycles. The van der Waals surface area contributed by atoms with Crippen molar-refractivity contribution in [1.82, 2.24) is 19.2 Å². The van der Waals surface area contributed by atoms with Crippen LogP contribution in [-0.2, 0) is 13.1 Å². The average Bonchev–Trinajstić information content (AvgIpc) is 3.15. The summed E-state index contributed by atoms with van der Waals surface area (Å²) < 4.78 is 9.13. The number of rotatable bonds is 8. The maximum absolute atomic E-state index is 12.8. The topological polar surface area (TPSA) is 78.3 Å². The van der Waals surface area contributed by atoms with Crippen LogP contribution in [0.25, 0.3) is 0 Å². The first kappa shape index (κ1) is 20.4. The zero-order chi connectivity index (χ0) is 20.8. The Labute approximate surface area is 176 Å². The van der Waals surface area contributed by atoms with E-state index in [4.69, 9.17) is 10.5 Å². The normalized spacial score (nSPS) is 15.4. The molecule has 2 N–H and O–H groups in total. The molecule has 158 valence electrons. The largest absolute Gasteiger partial charge is 0.492 e. The van der Waals surface area contributed by atoms with Crippen molar-refractivity contribution in [3.8, 4) is 5.75 Å². The molecular weight excluding hydrogens is 378 g/mol. The van der Waals surface area contributed by atoms with Gasteiger partial charge in [0.05, 0.1) is 12.6 Å². The lowest BCUT2D eigenvalue weighted by Crippen LogP contribution is -2.40. The number of hydrogen-bond acceptors (Lipinski definition) is 5. The summed E-state index contributed by atoms with van der Waals surface area (Å²) in [7, 11) is 0. The van der Waals surface area contributed by atoms with Crippen molar-refractivity contribution in [2.45, 2.75) is 32.0 Å². The average molecular weight is 408 g/mol. The number of benzene rings is 2. The van der Waals surface area contributed by atoms with Crippen LogP contribution in [0.4, 0.5) is 0 Å². The third-order valence-corrected chi connectivity index (χ3v) is 5.69. The van der Waals surface area contributed by atoms with Gasteiger partial charge >= 0.3 is 5.69 Å². The van der Waals surface area contributed by atoms with Gasteiger partial charge in [-0.3, -0.25) is 9.47 Å². The van der Waals surface area contributed by atoms with Crippen molar-refractivity contribution in [1.29, 1.82) is 0 Å². The number of nitrogens with two attached hydrogens (primary N) is 1. The minimum absolute atomic E-state index is 0.0382. The second-order valence-corrected chi connectivity index (χ2v) is 7.74. The Hall–Kier alpha value is -2.90. The van der Waals surface area contributed by atoms with Crippen molar-refractivity contribution in [3.63, 3.8) is 0 Å². The molecule has 30 heavy (non-hydrogen) atoms. The molecule has 0 aliphatic carbocycles. The molecule has 0 amide bonds. The molecule has 4 rings (SSSR count). The lowest BCUT2D eigenvalue weighted by Gasteiger charge is -2.31. The molecule has 1 saturated heterocycles. The Morgan fingerprint density at radius 2 is 1.70 bits per heavy atom. The van der Waals surface area contributed by atoms with Gasteiger partial charge in [-0.05, 0) is 36.1 Å². The summed E-state index contributed by atoms with van der Waals surface area (Å²) in [5.74, 6) is 0.905. The third kappa shape index (κ3) is 4.98. The van der Waals surface area contributed by atoms with E-state index < -0.39 is 0 Å². The van der Waals surface area contributed by atoms with Gasteiger partial charge in [-0.2, -0.15) is 5.10 Å². The molecule has 0 saturated carbocycles. The standard InChI is InChI=1S/C23H29N5O2/c24-16-19-6-8-20(9-7-19)17-27-18-25-28(23(27)29)21-10-12-26(13-11-21)14-15-30-22-4-2-1-3-5-22/h1-9,18,21H,10-17,24H2. The molecule has 3 aromatic rings. The number of likely N-dealkylation sites (tertiary alicyclic amines) is 1. The summed E-state index contributed by atoms with van der Waals surface area (Å²) in [4.78, 5) is 15.2. The van der Waals surface area contributed by atoms with E-state index in [2.05, 4.69) is 10.00 Å². The van der Waals surface area contributed by atoms with Gasteiger partial charge in [-0.15, -0.1) is 0 Å². The fourth-order valence-electron chi connectivity index (χ4n) is 3.88. The molecule has 0 radical (unpaired) electrons. The van der Waals surface area contributed by atoms with Gasteiger partial charge in [0.25, 0.3) is 0 Å². The maximum Gasteiger partial charge on any atom is 0.346 e. The monoisotopic (exact) mass is 407 g/mol. The molecule has 1 aliphatic rings. The summed E-state index contributed by atoms with van der Waals surface area (Å²) in [5, 5.41) is 4.40. The fourth-order valence-corrected chi connectivity index (χ4v) is 3.88. The molecule has 7 nitrogen and oxygen atoms in total. The predicted octanol–water partition coefficient (Wildman–Crippen LogP) is 2.27. The van der Waals surface area contributed by atoms with Gasteiger partial charge in [0.2, 0.25) is 0 Å². The molecule has 0 atom stereocenters. The quantitative estimate of drug-likeness (QED) is 0.620. The van der Waals surface area contributed by atoms with Crippen LogP contribution in [-0.4, -0.2) is 45.5 Å². The van der Waals surface area contributed by atoms with Crippen molar-refractivity contribution in [2.75, 3.05) is 26.2 Å². The van der Waals surface area contributed by atoms with Gasteiger partial charge < -0.3 is 10.5 Å². The summed E-state index contributed by atoms with van der Waals surface area (Å²) in [5.41, 5.74) is 7.77. The number of aromatic nitrogens is 3. The first-order chi connectivity index (χ1) is 14.7. The van der Waals surface area contributed by atoms with Gasteiger partial charge in [0.1, 0.15) is 18.7 Å². The molecule has 0 bridgehead atoms. The van der Waals surface area contributed by atoms with Crippen LogP contribution >= 0.6 is 0 Å². The summed E-state index contributed by atoms with van der Waals surface area (Å²) >= 11 is 0. The summed E-state index contributed by atoms with van der Waals surface area (Å²) in [6, 6.07) is 18.1. The highest BCUT2D eigenvalue weighted by Crippen LogP contribution is 2.20. The van der Waals surface area contributed by atoms with Crippen LogP contribution < -0.4 is 16.2 Å². The van der Waals surface area contributed by atoms with E-state index in [1.807, 2.05) is 54.6 Å². The molecule has 7 heteroatoms. The lowest BCUT2D eigenvalue weighted by molar-refractivity contribution is 0.151. The van der Waals surface area contributed by atoms with Crippen molar-refractivity contribution < 1.29 is 4.74 Å². The van der Waals surface area contributed by atoms with E-state index in [1.54, 1.807) is 15.6 Å². The molecule has 1 aliphatic heterocycles. The summed E-state index contributed by atoms with van der Waals surface area (Å²) in [6.07, 6.45) is 3.50. The van der Waals surface area contributed by atoms with Crippen molar-refractivity contribution in [2.24, 2.45) is 5.73 Å². The Morgan fingerprint density at radius 3 is 2.40 bits per heavy atom. The van der Waals surface area contributed by atoms with E-state index in [1.165, 1.54) is 0 Å². The number of piperidine rings is 1. The lowest BCUT2D eigenvalue weighted by atomic mass is 10.1.